The van der Waals surface area contributed by atoms with Gasteiger partial charge in [0.05, 0.1) is 12.1 Å². The van der Waals surface area contributed by atoms with E-state index in [0.717, 1.165) is 50.1 Å². The van der Waals surface area contributed by atoms with E-state index in [1.807, 2.05) is 12.1 Å². The molecule has 0 aliphatic rings. The Hall–Kier alpha value is -1.82. The van der Waals surface area contributed by atoms with Crippen molar-refractivity contribution in [3.8, 4) is 11.5 Å². The van der Waals surface area contributed by atoms with Crippen LogP contribution in [0.4, 0.5) is 4.39 Å². The molecule has 0 bridgehead atoms. The standard InChI is InChI=1S/C22H29ClFNO3/c1-3-4-11-27-12-5-10-25-15-18-13-20(23)22(21(14-18)26-2)28-16-17-6-8-19(24)9-7-17/h6-9,13-14,25H,3-5,10-12,15-16H2,1-2H3. The van der Waals surface area contributed by atoms with Crippen LogP contribution in [0.3, 0.4) is 0 Å². The van der Waals surface area contributed by atoms with E-state index in [0.29, 0.717) is 23.1 Å². The number of hydrogen-bond donors (Lipinski definition) is 1. The predicted molar refractivity (Wildman–Crippen MR) is 111 cm³/mol. The fourth-order valence-electron chi connectivity index (χ4n) is 2.63. The number of ether oxygens (including phenoxy) is 3. The third-order valence-electron chi connectivity index (χ3n) is 4.20. The van der Waals surface area contributed by atoms with Crippen LogP contribution in [0.1, 0.15) is 37.3 Å². The summed E-state index contributed by atoms with van der Waals surface area (Å²) in [4.78, 5) is 0. The van der Waals surface area contributed by atoms with Crippen LogP contribution in [0.5, 0.6) is 11.5 Å². The molecule has 0 unspecified atom stereocenters. The summed E-state index contributed by atoms with van der Waals surface area (Å²) in [6.07, 6.45) is 3.24. The van der Waals surface area contributed by atoms with Gasteiger partial charge in [0, 0.05) is 19.8 Å². The van der Waals surface area contributed by atoms with E-state index in [2.05, 4.69) is 12.2 Å². The van der Waals surface area contributed by atoms with Gasteiger partial charge in [0.15, 0.2) is 11.5 Å². The molecule has 6 heteroatoms. The topological polar surface area (TPSA) is 39.7 Å². The van der Waals surface area contributed by atoms with Gasteiger partial charge in [-0.2, -0.15) is 0 Å². The molecule has 154 valence electrons. The number of unbranched alkanes of at least 4 members (excludes halogenated alkanes) is 1. The summed E-state index contributed by atoms with van der Waals surface area (Å²) < 4.78 is 29.8. The second-order valence-corrected chi connectivity index (χ2v) is 6.93. The minimum Gasteiger partial charge on any atom is -0.493 e. The molecule has 0 saturated carbocycles. The first-order valence-electron chi connectivity index (χ1n) is 9.66. The van der Waals surface area contributed by atoms with Crippen molar-refractivity contribution in [3.05, 3.63) is 58.4 Å². The van der Waals surface area contributed by atoms with E-state index in [1.54, 1.807) is 19.2 Å². The maximum absolute atomic E-state index is 13.0. The normalized spacial score (nSPS) is 10.9. The highest BCUT2D eigenvalue weighted by atomic mass is 35.5. The first-order valence-corrected chi connectivity index (χ1v) is 10.0. The molecule has 0 aromatic heterocycles. The fraction of sp³-hybridized carbons (Fsp3) is 0.455. The van der Waals surface area contributed by atoms with Crippen LogP contribution in [-0.2, 0) is 17.9 Å². The van der Waals surface area contributed by atoms with Crippen molar-refractivity contribution in [2.75, 3.05) is 26.9 Å². The molecule has 0 heterocycles. The summed E-state index contributed by atoms with van der Waals surface area (Å²) in [6.45, 7) is 5.60. The third-order valence-corrected chi connectivity index (χ3v) is 4.48. The molecule has 2 rings (SSSR count). The van der Waals surface area contributed by atoms with Gasteiger partial charge in [0.1, 0.15) is 12.4 Å². The van der Waals surface area contributed by atoms with Crippen LogP contribution in [-0.4, -0.2) is 26.9 Å². The summed E-state index contributed by atoms with van der Waals surface area (Å²) in [5.41, 5.74) is 1.87. The summed E-state index contributed by atoms with van der Waals surface area (Å²) in [7, 11) is 1.58. The van der Waals surface area contributed by atoms with Gasteiger partial charge in [0.2, 0.25) is 0 Å². The first kappa shape index (κ1) is 22.5. The second kappa shape index (κ2) is 12.6. The molecule has 0 amide bonds. The van der Waals surface area contributed by atoms with Gasteiger partial charge in [-0.05, 0) is 54.8 Å². The van der Waals surface area contributed by atoms with E-state index in [-0.39, 0.29) is 12.4 Å². The summed E-state index contributed by atoms with van der Waals surface area (Å²) in [6, 6.07) is 9.95. The SMILES string of the molecule is CCCCOCCCNCc1cc(Cl)c(OCc2ccc(F)cc2)c(OC)c1. The molecule has 0 atom stereocenters. The van der Waals surface area contributed by atoms with E-state index in [4.69, 9.17) is 25.8 Å². The molecule has 28 heavy (non-hydrogen) atoms. The third kappa shape index (κ3) is 7.66. The number of nitrogens with one attached hydrogen (secondary N) is 1. The Morgan fingerprint density at radius 3 is 2.50 bits per heavy atom. The molecule has 1 N–H and O–H groups in total. The van der Waals surface area contributed by atoms with Crippen LogP contribution < -0.4 is 14.8 Å². The van der Waals surface area contributed by atoms with Gasteiger partial charge in [0.25, 0.3) is 0 Å². The average Bonchev–Trinajstić information content (AvgIpc) is 2.70. The second-order valence-electron chi connectivity index (χ2n) is 6.52. The molecule has 0 radical (unpaired) electrons. The zero-order valence-electron chi connectivity index (χ0n) is 16.6. The van der Waals surface area contributed by atoms with Crippen molar-refractivity contribution >= 4 is 11.6 Å². The first-order chi connectivity index (χ1) is 13.6. The van der Waals surface area contributed by atoms with Crippen LogP contribution >= 0.6 is 11.6 Å². The van der Waals surface area contributed by atoms with Crippen molar-refractivity contribution in [2.45, 2.75) is 39.3 Å². The molecule has 0 saturated heterocycles. The highest BCUT2D eigenvalue weighted by Gasteiger charge is 2.12. The van der Waals surface area contributed by atoms with Crippen LogP contribution in [0.25, 0.3) is 0 Å². The van der Waals surface area contributed by atoms with Crippen molar-refractivity contribution in [1.29, 1.82) is 0 Å². The highest BCUT2D eigenvalue weighted by molar-refractivity contribution is 6.32. The Bertz CT molecular complexity index is 710. The smallest absolute Gasteiger partial charge is 0.180 e. The van der Waals surface area contributed by atoms with E-state index < -0.39 is 0 Å². The molecule has 0 fully saturated rings. The minimum absolute atomic E-state index is 0.274. The molecule has 4 nitrogen and oxygen atoms in total. The van der Waals surface area contributed by atoms with Crippen molar-refractivity contribution in [3.63, 3.8) is 0 Å². The molecular weight excluding hydrogens is 381 g/mol. The minimum atomic E-state index is -0.274. The van der Waals surface area contributed by atoms with E-state index in [9.17, 15) is 4.39 Å². The average molecular weight is 410 g/mol. The lowest BCUT2D eigenvalue weighted by Crippen LogP contribution is -2.16. The Morgan fingerprint density at radius 2 is 1.79 bits per heavy atom. The summed E-state index contributed by atoms with van der Waals surface area (Å²) >= 11 is 6.40. The number of methoxy groups -OCH3 is 1. The van der Waals surface area contributed by atoms with Gasteiger partial charge in [-0.15, -0.1) is 0 Å². The molecule has 2 aromatic rings. The van der Waals surface area contributed by atoms with Crippen molar-refractivity contribution in [2.24, 2.45) is 0 Å². The Balaban J connectivity index is 1.83. The van der Waals surface area contributed by atoms with Crippen molar-refractivity contribution in [1.82, 2.24) is 5.32 Å². The Kier molecular flexibility index (Phi) is 10.1. The molecular formula is C22H29ClFNO3. The summed E-state index contributed by atoms with van der Waals surface area (Å²) in [5, 5.41) is 3.87. The van der Waals surface area contributed by atoms with Crippen LogP contribution in [0.15, 0.2) is 36.4 Å². The largest absolute Gasteiger partial charge is 0.493 e. The molecule has 0 spiro atoms. The molecule has 0 aliphatic heterocycles. The maximum atomic E-state index is 13.0. The van der Waals surface area contributed by atoms with Crippen LogP contribution in [0, 0.1) is 5.82 Å². The zero-order chi connectivity index (χ0) is 20.2. The predicted octanol–water partition coefficient (Wildman–Crippen LogP) is 5.36. The summed E-state index contributed by atoms with van der Waals surface area (Å²) in [5.74, 6) is 0.791. The van der Waals surface area contributed by atoms with Gasteiger partial charge >= 0.3 is 0 Å². The number of rotatable bonds is 13. The quantitative estimate of drug-likeness (QED) is 0.452. The number of halogens is 2. The lowest BCUT2D eigenvalue weighted by atomic mass is 10.2. The van der Waals surface area contributed by atoms with Crippen molar-refractivity contribution < 1.29 is 18.6 Å². The van der Waals surface area contributed by atoms with Gasteiger partial charge in [-0.1, -0.05) is 37.1 Å². The molecule has 2 aromatic carbocycles. The number of hydrogen-bond acceptors (Lipinski definition) is 4. The number of benzene rings is 2. The lowest BCUT2D eigenvalue weighted by molar-refractivity contribution is 0.129. The van der Waals surface area contributed by atoms with Gasteiger partial charge < -0.3 is 19.5 Å². The fourth-order valence-corrected chi connectivity index (χ4v) is 2.92. The maximum Gasteiger partial charge on any atom is 0.180 e. The molecule has 0 aliphatic carbocycles. The Morgan fingerprint density at radius 1 is 1.04 bits per heavy atom. The lowest BCUT2D eigenvalue weighted by Gasteiger charge is -2.15. The van der Waals surface area contributed by atoms with Gasteiger partial charge in [-0.3, -0.25) is 0 Å². The Labute approximate surface area is 171 Å². The van der Waals surface area contributed by atoms with Crippen LogP contribution in [0.2, 0.25) is 5.02 Å². The van der Waals surface area contributed by atoms with E-state index in [1.165, 1.54) is 12.1 Å². The van der Waals surface area contributed by atoms with Gasteiger partial charge in [-0.25, -0.2) is 4.39 Å². The monoisotopic (exact) mass is 409 g/mol. The zero-order valence-corrected chi connectivity index (χ0v) is 17.4. The van der Waals surface area contributed by atoms with E-state index >= 15 is 0 Å². The highest BCUT2D eigenvalue weighted by Crippen LogP contribution is 2.37.